The summed E-state index contributed by atoms with van der Waals surface area (Å²) in [5, 5.41) is 3.00. The van der Waals surface area contributed by atoms with Gasteiger partial charge in [-0.25, -0.2) is 4.98 Å². The van der Waals surface area contributed by atoms with Crippen LogP contribution in [0.15, 0.2) is 29.1 Å². The van der Waals surface area contributed by atoms with E-state index >= 15 is 0 Å². The van der Waals surface area contributed by atoms with Gasteiger partial charge in [0, 0.05) is 37.3 Å². The number of amides is 1. The maximum absolute atomic E-state index is 12.6. The third-order valence-corrected chi connectivity index (χ3v) is 5.72. The zero-order valence-corrected chi connectivity index (χ0v) is 19.3. The summed E-state index contributed by atoms with van der Waals surface area (Å²) in [7, 11) is 5.58. The Bertz CT molecular complexity index is 969. The molecule has 2 aromatic rings. The van der Waals surface area contributed by atoms with Crippen molar-refractivity contribution in [1.29, 1.82) is 0 Å². The van der Waals surface area contributed by atoms with Crippen LogP contribution in [0.4, 0.5) is 5.95 Å². The van der Waals surface area contributed by atoms with E-state index in [9.17, 15) is 9.59 Å². The van der Waals surface area contributed by atoms with Crippen molar-refractivity contribution >= 4 is 11.9 Å². The molecule has 1 fully saturated rings. The fourth-order valence-corrected chi connectivity index (χ4v) is 3.80. The summed E-state index contributed by atoms with van der Waals surface area (Å²) in [6.45, 7) is 4.91. The SMILES string of the molecule is COc1cccc(C(CNC(=O)CCc2c(C)nc(N3CCOCC3)[nH]c2=O)N(C)C)c1. The average molecular weight is 444 g/mol. The van der Waals surface area contributed by atoms with E-state index in [1.165, 1.54) is 0 Å². The Balaban J connectivity index is 1.58. The standard InChI is InChI=1S/C23H33N5O4/c1-16-19(22(30)26-23(25-16)28-10-12-32-13-11-28)8-9-21(29)24-15-20(27(2)3)17-6-5-7-18(14-17)31-4/h5-7,14,20H,8-13,15H2,1-4H3,(H,24,29)(H,25,26,30). The molecular formula is C23H33N5O4. The molecule has 1 atom stereocenters. The van der Waals surface area contributed by atoms with Crippen LogP contribution >= 0.6 is 0 Å². The number of aromatic nitrogens is 2. The number of carbonyl (C=O) groups excluding carboxylic acids is 1. The lowest BCUT2D eigenvalue weighted by Crippen LogP contribution is -2.39. The second-order valence-corrected chi connectivity index (χ2v) is 8.11. The van der Waals surface area contributed by atoms with Crippen LogP contribution in [0.5, 0.6) is 5.75 Å². The van der Waals surface area contributed by atoms with Gasteiger partial charge in [-0.3, -0.25) is 14.6 Å². The zero-order chi connectivity index (χ0) is 23.1. The fourth-order valence-electron chi connectivity index (χ4n) is 3.80. The number of hydrogen-bond acceptors (Lipinski definition) is 7. The monoisotopic (exact) mass is 443 g/mol. The van der Waals surface area contributed by atoms with Crippen molar-refractivity contribution in [2.45, 2.75) is 25.8 Å². The van der Waals surface area contributed by atoms with Crippen molar-refractivity contribution in [3.8, 4) is 5.75 Å². The molecule has 1 unspecified atom stereocenters. The lowest BCUT2D eigenvalue weighted by molar-refractivity contribution is -0.121. The van der Waals surface area contributed by atoms with Gasteiger partial charge < -0.3 is 24.6 Å². The lowest BCUT2D eigenvalue weighted by atomic mass is 10.1. The van der Waals surface area contributed by atoms with Crippen LogP contribution in [0.3, 0.4) is 0 Å². The molecule has 32 heavy (non-hydrogen) atoms. The van der Waals surface area contributed by atoms with E-state index in [0.717, 1.165) is 11.3 Å². The van der Waals surface area contributed by atoms with Gasteiger partial charge in [-0.05, 0) is 45.1 Å². The predicted octanol–water partition coefficient (Wildman–Crippen LogP) is 1.28. The molecule has 1 aliphatic heterocycles. The first-order valence-corrected chi connectivity index (χ1v) is 10.9. The van der Waals surface area contributed by atoms with Crippen LogP contribution in [-0.2, 0) is 16.0 Å². The van der Waals surface area contributed by atoms with Crippen molar-refractivity contribution in [2.75, 3.05) is 59.0 Å². The first-order valence-electron chi connectivity index (χ1n) is 10.9. The van der Waals surface area contributed by atoms with E-state index in [4.69, 9.17) is 9.47 Å². The third-order valence-electron chi connectivity index (χ3n) is 5.72. The van der Waals surface area contributed by atoms with Crippen LogP contribution in [0.2, 0.25) is 0 Å². The topological polar surface area (TPSA) is 99.8 Å². The number of H-pyrrole nitrogens is 1. The van der Waals surface area contributed by atoms with Gasteiger partial charge in [0.25, 0.3) is 5.56 Å². The van der Waals surface area contributed by atoms with Gasteiger partial charge in [0.15, 0.2) is 0 Å². The Morgan fingerprint density at radius 1 is 1.34 bits per heavy atom. The molecular weight excluding hydrogens is 410 g/mol. The quantitative estimate of drug-likeness (QED) is 0.602. The molecule has 0 radical (unpaired) electrons. The van der Waals surface area contributed by atoms with E-state index in [0.29, 0.717) is 56.5 Å². The van der Waals surface area contributed by atoms with E-state index in [2.05, 4.69) is 20.2 Å². The summed E-state index contributed by atoms with van der Waals surface area (Å²) >= 11 is 0. The summed E-state index contributed by atoms with van der Waals surface area (Å²) in [6, 6.07) is 7.83. The number of aryl methyl sites for hydroxylation is 1. The number of benzene rings is 1. The van der Waals surface area contributed by atoms with Gasteiger partial charge in [0.05, 0.1) is 26.4 Å². The summed E-state index contributed by atoms with van der Waals surface area (Å²) in [4.78, 5) is 36.6. The number of nitrogens with zero attached hydrogens (tertiary/aromatic N) is 3. The van der Waals surface area contributed by atoms with E-state index in [-0.39, 0.29) is 23.9 Å². The second kappa shape index (κ2) is 11.1. The first-order chi connectivity index (χ1) is 15.4. The highest BCUT2D eigenvalue weighted by Crippen LogP contribution is 2.22. The number of likely N-dealkylation sites (N-methyl/N-ethyl adjacent to an activating group) is 1. The number of ether oxygens (including phenoxy) is 2. The van der Waals surface area contributed by atoms with Crippen molar-refractivity contribution in [3.63, 3.8) is 0 Å². The number of rotatable bonds is 9. The molecule has 174 valence electrons. The zero-order valence-electron chi connectivity index (χ0n) is 19.3. The third kappa shape index (κ3) is 6.08. The van der Waals surface area contributed by atoms with Crippen molar-refractivity contribution < 1.29 is 14.3 Å². The Labute approximate surface area is 188 Å². The van der Waals surface area contributed by atoms with E-state index in [1.807, 2.05) is 50.2 Å². The van der Waals surface area contributed by atoms with Crippen molar-refractivity contribution in [1.82, 2.24) is 20.2 Å². The Morgan fingerprint density at radius 2 is 2.09 bits per heavy atom. The molecule has 1 saturated heterocycles. The first kappa shape index (κ1) is 23.7. The van der Waals surface area contributed by atoms with Crippen LogP contribution in [0.25, 0.3) is 0 Å². The molecule has 2 heterocycles. The molecule has 9 heteroatoms. The number of nitrogens with one attached hydrogen (secondary N) is 2. The number of anilines is 1. The maximum Gasteiger partial charge on any atom is 0.255 e. The molecule has 1 aromatic heterocycles. The minimum absolute atomic E-state index is 0.00802. The molecule has 1 amide bonds. The minimum atomic E-state index is -0.186. The number of morpholine rings is 1. The van der Waals surface area contributed by atoms with Gasteiger partial charge in [-0.15, -0.1) is 0 Å². The summed E-state index contributed by atoms with van der Waals surface area (Å²) in [6.07, 6.45) is 0.565. The fraction of sp³-hybridized carbons (Fsp3) is 0.522. The van der Waals surface area contributed by atoms with Crippen LogP contribution in [0.1, 0.15) is 29.3 Å². The molecule has 0 aliphatic carbocycles. The summed E-state index contributed by atoms with van der Waals surface area (Å²) < 4.78 is 10.7. The smallest absolute Gasteiger partial charge is 0.255 e. The average Bonchev–Trinajstić information content (AvgIpc) is 2.79. The van der Waals surface area contributed by atoms with Gasteiger partial charge in [0.2, 0.25) is 11.9 Å². The molecule has 1 aromatic carbocycles. The second-order valence-electron chi connectivity index (χ2n) is 8.11. The molecule has 2 N–H and O–H groups in total. The van der Waals surface area contributed by atoms with Crippen LogP contribution in [-0.4, -0.2) is 74.8 Å². The van der Waals surface area contributed by atoms with Gasteiger partial charge in [-0.1, -0.05) is 12.1 Å². The van der Waals surface area contributed by atoms with Crippen molar-refractivity contribution in [3.05, 3.63) is 51.4 Å². The van der Waals surface area contributed by atoms with Gasteiger partial charge >= 0.3 is 0 Å². The Hall–Kier alpha value is -2.91. The van der Waals surface area contributed by atoms with Crippen LogP contribution in [0, 0.1) is 6.92 Å². The van der Waals surface area contributed by atoms with Gasteiger partial charge in [0.1, 0.15) is 5.75 Å². The molecule has 9 nitrogen and oxygen atoms in total. The lowest BCUT2D eigenvalue weighted by Gasteiger charge is -2.27. The molecule has 3 rings (SSSR count). The Kier molecular flexibility index (Phi) is 8.24. The molecule has 0 saturated carbocycles. The normalized spacial score (nSPS) is 15.0. The molecule has 0 spiro atoms. The highest BCUT2D eigenvalue weighted by molar-refractivity contribution is 5.76. The van der Waals surface area contributed by atoms with Crippen LogP contribution < -0.4 is 20.5 Å². The maximum atomic E-state index is 12.6. The van der Waals surface area contributed by atoms with E-state index in [1.54, 1.807) is 7.11 Å². The highest BCUT2D eigenvalue weighted by Gasteiger charge is 2.18. The highest BCUT2D eigenvalue weighted by atomic mass is 16.5. The number of hydrogen-bond donors (Lipinski definition) is 2. The summed E-state index contributed by atoms with van der Waals surface area (Å²) in [5.74, 6) is 1.25. The van der Waals surface area contributed by atoms with E-state index < -0.39 is 0 Å². The molecule has 1 aliphatic rings. The number of aromatic amines is 1. The number of carbonyl (C=O) groups is 1. The predicted molar refractivity (Wildman–Crippen MR) is 123 cm³/mol. The van der Waals surface area contributed by atoms with Crippen molar-refractivity contribution in [2.24, 2.45) is 0 Å². The Morgan fingerprint density at radius 3 is 2.75 bits per heavy atom. The molecule has 0 bridgehead atoms. The largest absolute Gasteiger partial charge is 0.497 e. The minimum Gasteiger partial charge on any atom is -0.497 e. The summed E-state index contributed by atoms with van der Waals surface area (Å²) in [5.41, 5.74) is 2.08. The van der Waals surface area contributed by atoms with Gasteiger partial charge in [-0.2, -0.15) is 0 Å². The number of methoxy groups -OCH3 is 1.